The highest BCUT2D eigenvalue weighted by Crippen LogP contribution is 2.20. The van der Waals surface area contributed by atoms with Gasteiger partial charge in [0.15, 0.2) is 0 Å². The molecule has 1 aliphatic rings. The van der Waals surface area contributed by atoms with Crippen molar-refractivity contribution < 1.29 is 27.4 Å². The van der Waals surface area contributed by atoms with E-state index in [1.165, 1.54) is 45.3 Å². The van der Waals surface area contributed by atoms with Crippen LogP contribution in [0.2, 0.25) is 0 Å². The molecular weight excluding hydrogens is 336 g/mol. The summed E-state index contributed by atoms with van der Waals surface area (Å²) in [7, 11) is -1.68. The molecule has 0 bridgehead atoms. The van der Waals surface area contributed by atoms with E-state index in [-0.39, 0.29) is 17.0 Å². The number of carbonyl (C=O) groups is 3. The van der Waals surface area contributed by atoms with Gasteiger partial charge in [-0.05, 0) is 19.1 Å². The Balaban J connectivity index is 2.50. The number of carbonyl (C=O) groups excluding carboxylic acids is 3. The summed E-state index contributed by atoms with van der Waals surface area (Å²) in [5, 5.41) is -1.59. The first-order valence-corrected chi connectivity index (χ1v) is 8.41. The van der Waals surface area contributed by atoms with Gasteiger partial charge in [-0.15, -0.1) is 0 Å². The van der Waals surface area contributed by atoms with Crippen molar-refractivity contribution in [3.63, 3.8) is 0 Å². The number of imide groups is 1. The maximum absolute atomic E-state index is 12.7. The number of primary amides is 1. The first kappa shape index (κ1) is 17.6. The summed E-state index contributed by atoms with van der Waals surface area (Å²) < 4.78 is 28.7. The van der Waals surface area contributed by atoms with Crippen LogP contribution in [0.1, 0.15) is 17.3 Å². The molecular formula is C14H17N4O5S+. The molecule has 0 aliphatic carbocycles. The van der Waals surface area contributed by atoms with Crippen LogP contribution in [0, 0.1) is 0 Å². The van der Waals surface area contributed by atoms with Gasteiger partial charge in [-0.3, -0.25) is 9.52 Å². The molecule has 0 saturated carbocycles. The molecule has 1 unspecified atom stereocenters. The van der Waals surface area contributed by atoms with Gasteiger partial charge in [-0.2, -0.15) is 14.3 Å². The van der Waals surface area contributed by atoms with Crippen LogP contribution in [0.15, 0.2) is 24.3 Å². The molecule has 1 atom stereocenters. The van der Waals surface area contributed by atoms with Crippen LogP contribution in [0.4, 0.5) is 10.5 Å². The van der Waals surface area contributed by atoms with Crippen LogP contribution in [0.3, 0.4) is 0 Å². The van der Waals surface area contributed by atoms with Gasteiger partial charge in [0.05, 0.1) is 25.3 Å². The number of anilines is 1. The zero-order valence-electron chi connectivity index (χ0n) is 13.3. The summed E-state index contributed by atoms with van der Waals surface area (Å²) >= 11 is 0. The van der Waals surface area contributed by atoms with Crippen molar-refractivity contribution in [2.75, 3.05) is 18.8 Å². The lowest BCUT2D eigenvalue weighted by Gasteiger charge is -2.24. The number of urea groups is 1. The number of hydrogen-bond acceptors (Lipinski definition) is 5. The van der Waals surface area contributed by atoms with Crippen LogP contribution < -0.4 is 10.5 Å². The molecule has 9 nitrogen and oxygen atoms in total. The molecule has 10 heteroatoms. The Hall–Kier alpha value is -2.75. The predicted octanol–water partition coefficient (Wildman–Crippen LogP) is -0.409. The fraction of sp³-hybridized carbons (Fsp3) is 0.286. The van der Waals surface area contributed by atoms with Crippen molar-refractivity contribution in [2.45, 2.75) is 12.2 Å². The van der Waals surface area contributed by atoms with Gasteiger partial charge in [0, 0.05) is 0 Å². The molecule has 1 aliphatic heterocycles. The Bertz CT molecular complexity index is 875. The van der Waals surface area contributed by atoms with Crippen LogP contribution in [0.5, 0.6) is 0 Å². The first-order chi connectivity index (χ1) is 11.1. The number of nitrogens with zero attached hydrogens (tertiary/aromatic N) is 2. The molecule has 2 rings (SSSR count). The van der Waals surface area contributed by atoms with Crippen molar-refractivity contribution in [2.24, 2.45) is 5.73 Å². The highest BCUT2D eigenvalue weighted by Gasteiger charge is 2.50. The molecule has 1 heterocycles. The van der Waals surface area contributed by atoms with Gasteiger partial charge < -0.3 is 5.73 Å². The molecule has 24 heavy (non-hydrogen) atoms. The third kappa shape index (κ3) is 2.87. The Morgan fingerprint density at radius 3 is 2.46 bits per heavy atom. The quantitative estimate of drug-likeness (QED) is 0.711. The van der Waals surface area contributed by atoms with Gasteiger partial charge in [0.2, 0.25) is 5.25 Å². The van der Waals surface area contributed by atoms with Crippen molar-refractivity contribution in [1.82, 2.24) is 4.90 Å². The Labute approximate surface area is 138 Å². The number of benzene rings is 1. The van der Waals surface area contributed by atoms with E-state index in [1.54, 1.807) is 0 Å². The van der Waals surface area contributed by atoms with Gasteiger partial charge in [0.1, 0.15) is 5.71 Å². The number of nitrogens with two attached hydrogens (primary N) is 1. The highest BCUT2D eigenvalue weighted by atomic mass is 32.2. The average Bonchev–Trinajstić information content (AvgIpc) is 2.50. The number of nitrogens with one attached hydrogen (secondary N) is 1. The van der Waals surface area contributed by atoms with Crippen LogP contribution in [0.25, 0.3) is 0 Å². The molecule has 1 aromatic carbocycles. The molecule has 0 spiro atoms. The van der Waals surface area contributed by atoms with Crippen LogP contribution >= 0.6 is 0 Å². The molecule has 0 aromatic heterocycles. The van der Waals surface area contributed by atoms with E-state index in [9.17, 15) is 22.8 Å². The summed E-state index contributed by atoms with van der Waals surface area (Å²) in [6, 6.07) is 5.15. The number of hydrogen-bond donors (Lipinski definition) is 2. The summed E-state index contributed by atoms with van der Waals surface area (Å²) in [6.07, 6.45) is 0. The Kier molecular flexibility index (Phi) is 4.43. The minimum atomic E-state index is -4.26. The normalized spacial score (nSPS) is 18.8. The SMILES string of the molecule is CC1=[N+](C)C(=O)N(C)C(=O)C1S(=O)(=O)Nc1ccccc1C(N)=O. The number of para-hydroxylation sites is 1. The summed E-state index contributed by atoms with van der Waals surface area (Å²) in [6.45, 7) is 1.38. The second kappa shape index (κ2) is 6.04. The van der Waals surface area contributed by atoms with E-state index in [0.717, 1.165) is 9.48 Å². The van der Waals surface area contributed by atoms with E-state index in [1.807, 2.05) is 0 Å². The molecule has 3 N–H and O–H groups in total. The second-order valence-electron chi connectivity index (χ2n) is 5.32. The van der Waals surface area contributed by atoms with E-state index in [0.29, 0.717) is 0 Å². The third-order valence-electron chi connectivity index (χ3n) is 3.79. The lowest BCUT2D eigenvalue weighted by atomic mass is 10.2. The fourth-order valence-corrected chi connectivity index (χ4v) is 3.99. The Morgan fingerprint density at radius 1 is 1.29 bits per heavy atom. The van der Waals surface area contributed by atoms with Crippen LogP contribution in [-0.2, 0) is 14.8 Å². The largest absolute Gasteiger partial charge is 0.500 e. The molecule has 1 aromatic rings. The zero-order valence-corrected chi connectivity index (χ0v) is 14.1. The average molecular weight is 353 g/mol. The van der Waals surface area contributed by atoms with E-state index in [4.69, 9.17) is 5.73 Å². The van der Waals surface area contributed by atoms with Gasteiger partial charge in [0.25, 0.3) is 15.9 Å². The van der Waals surface area contributed by atoms with Crippen molar-refractivity contribution in [3.05, 3.63) is 29.8 Å². The van der Waals surface area contributed by atoms with Gasteiger partial charge in [-0.1, -0.05) is 12.1 Å². The van der Waals surface area contributed by atoms with Crippen molar-refractivity contribution in [1.29, 1.82) is 0 Å². The Morgan fingerprint density at radius 2 is 1.88 bits per heavy atom. The van der Waals surface area contributed by atoms with Crippen LogP contribution in [-0.4, -0.2) is 60.8 Å². The fourth-order valence-electron chi connectivity index (χ4n) is 2.36. The van der Waals surface area contributed by atoms with Gasteiger partial charge in [-0.25, -0.2) is 13.2 Å². The number of rotatable bonds is 4. The lowest BCUT2D eigenvalue weighted by molar-refractivity contribution is -0.405. The second-order valence-corrected chi connectivity index (χ2v) is 7.08. The van der Waals surface area contributed by atoms with Crippen molar-refractivity contribution >= 4 is 39.3 Å². The minimum Gasteiger partial charge on any atom is -0.366 e. The maximum atomic E-state index is 12.7. The maximum Gasteiger partial charge on any atom is 0.500 e. The van der Waals surface area contributed by atoms with Gasteiger partial charge >= 0.3 is 11.9 Å². The highest BCUT2D eigenvalue weighted by molar-refractivity contribution is 7.94. The minimum absolute atomic E-state index is 0.0280. The predicted molar refractivity (Wildman–Crippen MR) is 86.3 cm³/mol. The molecule has 128 valence electrons. The summed E-state index contributed by atoms with van der Waals surface area (Å²) in [4.78, 5) is 36.3. The smallest absolute Gasteiger partial charge is 0.366 e. The monoisotopic (exact) mass is 353 g/mol. The summed E-state index contributed by atoms with van der Waals surface area (Å²) in [5.41, 5.74) is 5.22. The first-order valence-electron chi connectivity index (χ1n) is 6.87. The van der Waals surface area contributed by atoms with E-state index < -0.39 is 33.1 Å². The van der Waals surface area contributed by atoms with E-state index in [2.05, 4.69) is 4.72 Å². The third-order valence-corrected chi connectivity index (χ3v) is 5.46. The standard InChI is InChI=1S/C14H16N4O5S/c1-8-11(13(20)18(3)14(21)17(8)2)24(22,23)16-10-7-5-4-6-9(10)12(15)19/h4-7,11H,1-3H3,(H2-,15,16,19)/p+1. The van der Waals surface area contributed by atoms with Crippen molar-refractivity contribution in [3.8, 4) is 0 Å². The zero-order chi connectivity index (χ0) is 18.2. The summed E-state index contributed by atoms with van der Waals surface area (Å²) in [5.74, 6) is -1.69. The number of amides is 4. The molecule has 0 radical (unpaired) electrons. The topological polar surface area (TPSA) is 130 Å². The lowest BCUT2D eigenvalue weighted by Crippen LogP contribution is -2.57. The molecule has 0 fully saturated rings. The van der Waals surface area contributed by atoms with E-state index >= 15 is 0 Å². The molecule has 4 amide bonds. The molecule has 0 saturated heterocycles. The number of sulfonamides is 1.